The molecule has 14 heteroatoms. The van der Waals surface area contributed by atoms with E-state index < -0.39 is 42.1 Å². The first kappa shape index (κ1) is 40.1. The molecule has 2 aromatic rings. The number of aliphatic hydroxyl groups excluding tert-OH is 1. The molecule has 14 nitrogen and oxygen atoms in total. The number of aliphatic hydroxyl groups is 1. The smallest absolute Gasteiger partial charge is 0.290 e. The lowest BCUT2D eigenvalue weighted by Crippen LogP contribution is -2.49. The van der Waals surface area contributed by atoms with Crippen LogP contribution < -0.4 is 26.0 Å². The van der Waals surface area contributed by atoms with Gasteiger partial charge < -0.3 is 40.8 Å². The Morgan fingerprint density at radius 1 is 0.878 bits per heavy atom. The molecule has 0 radical (unpaired) electrons. The number of nitrogens with zero attached hydrogens (tertiary/aromatic N) is 1. The number of Topliss-reactive ketones (excluding diaryl/α,β-unsaturated/α-hetero) is 1. The monoisotopic (exact) mass is 681 g/mol. The molecule has 0 aliphatic rings. The molecule has 49 heavy (non-hydrogen) atoms. The van der Waals surface area contributed by atoms with Gasteiger partial charge in [0.25, 0.3) is 5.91 Å². The van der Waals surface area contributed by atoms with Gasteiger partial charge in [-0.3, -0.25) is 28.8 Å². The summed E-state index contributed by atoms with van der Waals surface area (Å²) >= 11 is 0. The lowest BCUT2D eigenvalue weighted by Gasteiger charge is -2.18. The molecular weight excluding hydrogens is 634 g/mol. The Morgan fingerprint density at radius 3 is 2.33 bits per heavy atom. The van der Waals surface area contributed by atoms with Crippen molar-refractivity contribution < 1.29 is 43.4 Å². The minimum absolute atomic E-state index is 0.0646. The molecule has 0 saturated carbocycles. The third-order valence-electron chi connectivity index (χ3n) is 7.38. The summed E-state index contributed by atoms with van der Waals surface area (Å²) in [7, 11) is 1.60. The van der Waals surface area contributed by atoms with Gasteiger partial charge in [-0.25, -0.2) is 0 Å². The maximum Gasteiger partial charge on any atom is 0.290 e. The number of ether oxygens (including phenoxy) is 1. The van der Waals surface area contributed by atoms with Crippen LogP contribution in [0.2, 0.25) is 0 Å². The Labute approximate surface area is 286 Å². The van der Waals surface area contributed by atoms with Gasteiger partial charge in [0.1, 0.15) is 24.7 Å². The zero-order valence-electron chi connectivity index (χ0n) is 28.1. The molecular formula is C35H47N5O9. The van der Waals surface area contributed by atoms with Crippen molar-refractivity contribution in [2.45, 2.75) is 64.0 Å². The van der Waals surface area contributed by atoms with Crippen molar-refractivity contribution in [1.82, 2.24) is 26.2 Å². The fraction of sp³-hybridized carbons (Fsp3) is 0.457. The Morgan fingerprint density at radius 2 is 1.63 bits per heavy atom. The van der Waals surface area contributed by atoms with Gasteiger partial charge in [0.2, 0.25) is 29.4 Å². The SMILES string of the molecule is CCCC(NC(=O)CCCCN(C)C(=O)CNC(=O)CCc1cccc(OCCO)c1)C(=O)C(=O)NCC(=O)NC(C=O)c1ccccc1. The first-order chi connectivity index (χ1) is 23.6. The molecule has 0 aliphatic carbocycles. The number of ketones is 1. The van der Waals surface area contributed by atoms with E-state index in [0.29, 0.717) is 49.8 Å². The van der Waals surface area contributed by atoms with Crippen LogP contribution in [0.25, 0.3) is 0 Å². The third kappa shape index (κ3) is 15.6. The summed E-state index contributed by atoms with van der Waals surface area (Å²) in [6, 6.07) is 13.8. The summed E-state index contributed by atoms with van der Waals surface area (Å²) in [5.41, 5.74) is 1.46. The van der Waals surface area contributed by atoms with Crippen LogP contribution in [0.4, 0.5) is 0 Å². The molecule has 0 spiro atoms. The van der Waals surface area contributed by atoms with E-state index >= 15 is 0 Å². The molecule has 0 heterocycles. The van der Waals surface area contributed by atoms with Crippen molar-refractivity contribution in [3.8, 4) is 5.75 Å². The second kappa shape index (κ2) is 22.5. The van der Waals surface area contributed by atoms with Crippen LogP contribution in [0.5, 0.6) is 5.75 Å². The predicted octanol–water partition coefficient (Wildman–Crippen LogP) is 0.762. The van der Waals surface area contributed by atoms with E-state index in [4.69, 9.17) is 9.84 Å². The van der Waals surface area contributed by atoms with Gasteiger partial charge in [-0.05, 0) is 48.9 Å². The molecule has 0 aliphatic heterocycles. The second-order valence-electron chi connectivity index (χ2n) is 11.3. The van der Waals surface area contributed by atoms with Crippen molar-refractivity contribution in [3.05, 3.63) is 65.7 Å². The summed E-state index contributed by atoms with van der Waals surface area (Å²) in [6.45, 7) is 1.54. The Kier molecular flexibility index (Phi) is 18.4. The van der Waals surface area contributed by atoms with E-state index in [0.717, 1.165) is 5.56 Å². The van der Waals surface area contributed by atoms with Crippen LogP contribution in [0.15, 0.2) is 54.6 Å². The number of carbonyl (C=O) groups is 7. The highest BCUT2D eigenvalue weighted by Gasteiger charge is 2.26. The van der Waals surface area contributed by atoms with Gasteiger partial charge in [-0.2, -0.15) is 0 Å². The van der Waals surface area contributed by atoms with Gasteiger partial charge in [0.15, 0.2) is 0 Å². The molecule has 2 unspecified atom stereocenters. The summed E-state index contributed by atoms with van der Waals surface area (Å²) in [6.07, 6.45) is 2.91. The summed E-state index contributed by atoms with van der Waals surface area (Å²) in [5.74, 6) is -2.96. The highest BCUT2D eigenvalue weighted by atomic mass is 16.5. The lowest BCUT2D eigenvalue weighted by atomic mass is 10.1. The zero-order chi connectivity index (χ0) is 36.0. The normalized spacial score (nSPS) is 11.7. The average Bonchev–Trinajstić information content (AvgIpc) is 3.11. The molecule has 5 amide bonds. The number of likely N-dealkylation sites (N-methyl/N-ethyl adjacent to an activating group) is 1. The van der Waals surface area contributed by atoms with Crippen molar-refractivity contribution >= 4 is 41.6 Å². The molecule has 0 fully saturated rings. The summed E-state index contributed by atoms with van der Waals surface area (Å²) in [5, 5.41) is 18.8. The topological polar surface area (TPSA) is 200 Å². The first-order valence-electron chi connectivity index (χ1n) is 16.3. The average molecular weight is 682 g/mol. The van der Waals surface area contributed by atoms with E-state index in [2.05, 4.69) is 21.3 Å². The van der Waals surface area contributed by atoms with Crippen LogP contribution in [-0.4, -0.2) is 97.5 Å². The van der Waals surface area contributed by atoms with Crippen LogP contribution >= 0.6 is 0 Å². The fourth-order valence-electron chi connectivity index (χ4n) is 4.68. The standard InChI is InChI=1S/C35H47N5O9/c1-3-10-28(34(47)35(48)37-22-32(45)39-29(24-42)26-12-5-4-6-13-26)38-31(44)15-7-8-18-40(2)33(46)23-36-30(43)17-16-25-11-9-14-27(21-25)49-20-19-41/h4-6,9,11-14,21,24,28-29,41H,3,7-8,10,15-20,22-23H2,1-2H3,(H,36,43)(H,37,48)(H,38,44)(H,39,45). The minimum Gasteiger partial charge on any atom is -0.491 e. The maximum atomic E-state index is 12.7. The number of hydrogen-bond acceptors (Lipinski definition) is 9. The molecule has 0 aromatic heterocycles. The predicted molar refractivity (Wildman–Crippen MR) is 180 cm³/mol. The molecule has 0 bridgehead atoms. The van der Waals surface area contributed by atoms with Gasteiger partial charge in [0, 0.05) is 26.4 Å². The Balaban J connectivity index is 1.67. The van der Waals surface area contributed by atoms with E-state index in [9.17, 15) is 33.6 Å². The van der Waals surface area contributed by atoms with Crippen LogP contribution in [-0.2, 0) is 40.0 Å². The quantitative estimate of drug-likeness (QED) is 0.0638. The number of aryl methyl sites for hydroxylation is 1. The second-order valence-corrected chi connectivity index (χ2v) is 11.3. The lowest BCUT2D eigenvalue weighted by molar-refractivity contribution is -0.140. The first-order valence-corrected chi connectivity index (χ1v) is 16.3. The molecule has 2 aromatic carbocycles. The summed E-state index contributed by atoms with van der Waals surface area (Å²) in [4.78, 5) is 87.6. The molecule has 2 rings (SSSR count). The van der Waals surface area contributed by atoms with Crippen LogP contribution in [0, 0.1) is 0 Å². The molecule has 2 atom stereocenters. The Bertz CT molecular complexity index is 1400. The van der Waals surface area contributed by atoms with Crippen LogP contribution in [0.1, 0.15) is 62.6 Å². The van der Waals surface area contributed by atoms with Gasteiger partial charge in [-0.1, -0.05) is 55.8 Å². The number of amides is 5. The number of unbranched alkanes of at least 4 members (excludes halogenated alkanes) is 1. The molecule has 0 saturated heterocycles. The molecule has 266 valence electrons. The number of aldehydes is 1. The highest BCUT2D eigenvalue weighted by Crippen LogP contribution is 2.14. The van der Waals surface area contributed by atoms with E-state index in [-0.39, 0.29) is 50.8 Å². The number of nitrogens with one attached hydrogen (secondary N) is 4. The Hall–Kier alpha value is -5.11. The molecule has 5 N–H and O–H groups in total. The minimum atomic E-state index is -1.07. The van der Waals surface area contributed by atoms with E-state index in [1.54, 1.807) is 62.5 Å². The van der Waals surface area contributed by atoms with Crippen LogP contribution in [0.3, 0.4) is 0 Å². The number of rotatable bonds is 23. The number of hydrogen-bond donors (Lipinski definition) is 5. The van der Waals surface area contributed by atoms with Gasteiger partial charge >= 0.3 is 0 Å². The fourth-order valence-corrected chi connectivity index (χ4v) is 4.68. The van der Waals surface area contributed by atoms with Gasteiger partial charge in [0.05, 0.1) is 25.7 Å². The van der Waals surface area contributed by atoms with E-state index in [1.165, 1.54) is 4.90 Å². The highest BCUT2D eigenvalue weighted by molar-refractivity contribution is 6.38. The van der Waals surface area contributed by atoms with E-state index in [1.807, 2.05) is 6.07 Å². The van der Waals surface area contributed by atoms with Crippen molar-refractivity contribution in [3.63, 3.8) is 0 Å². The largest absolute Gasteiger partial charge is 0.491 e. The number of benzene rings is 2. The maximum absolute atomic E-state index is 12.7. The van der Waals surface area contributed by atoms with Gasteiger partial charge in [-0.15, -0.1) is 0 Å². The van der Waals surface area contributed by atoms with Crippen molar-refractivity contribution in [1.29, 1.82) is 0 Å². The zero-order valence-corrected chi connectivity index (χ0v) is 28.1. The summed E-state index contributed by atoms with van der Waals surface area (Å²) < 4.78 is 5.37. The third-order valence-corrected chi connectivity index (χ3v) is 7.38. The van der Waals surface area contributed by atoms with Crippen molar-refractivity contribution in [2.24, 2.45) is 0 Å². The van der Waals surface area contributed by atoms with Crippen molar-refractivity contribution in [2.75, 3.05) is 39.9 Å². The number of carbonyl (C=O) groups excluding carboxylic acids is 7.